The maximum absolute atomic E-state index is 5.70. The Bertz CT molecular complexity index is 234. The van der Waals surface area contributed by atoms with E-state index in [-0.39, 0.29) is 0 Å². The molecule has 1 aromatic rings. The molecule has 0 aromatic heterocycles. The third kappa shape index (κ3) is 1.43. The molecule has 1 unspecified atom stereocenters. The van der Waals surface area contributed by atoms with E-state index >= 15 is 0 Å². The van der Waals surface area contributed by atoms with Crippen LogP contribution in [0.1, 0.15) is 5.56 Å². The van der Waals surface area contributed by atoms with Crippen LogP contribution in [-0.4, -0.2) is 6.10 Å². The zero-order valence-electron chi connectivity index (χ0n) is 6.42. The zero-order chi connectivity index (χ0) is 7.68. The van der Waals surface area contributed by atoms with Crippen molar-refractivity contribution in [2.45, 2.75) is 16.5 Å². The normalized spacial score (nSPS) is 21.1. The molecular formula is C9H9HgO. The van der Waals surface area contributed by atoms with Gasteiger partial charge in [0.05, 0.1) is 0 Å². The number of hydrogen-bond donors (Lipinski definition) is 0. The SMILES string of the molecule is [Hg][CH2]C1Cc2ccccc2O1. The molecule has 0 saturated heterocycles. The Balaban J connectivity index is 2.27. The van der Waals surface area contributed by atoms with E-state index < -0.39 is 0 Å². The molecule has 0 N–H and O–H groups in total. The summed E-state index contributed by atoms with van der Waals surface area (Å²) in [6.45, 7) is 0. The van der Waals surface area contributed by atoms with E-state index in [0.717, 1.165) is 38.3 Å². The number of fused-ring (bicyclic) bond motifs is 1. The number of ether oxygens (including phenoxy) is 1. The van der Waals surface area contributed by atoms with Crippen LogP contribution in [0.25, 0.3) is 0 Å². The maximum atomic E-state index is 5.70. The van der Waals surface area contributed by atoms with Crippen molar-refractivity contribution in [2.75, 3.05) is 0 Å². The first kappa shape index (κ1) is 7.60. The number of para-hydroxylation sites is 1. The van der Waals surface area contributed by atoms with Crippen LogP contribution in [-0.2, 0) is 32.5 Å². The monoisotopic (exact) mass is 335 g/mol. The van der Waals surface area contributed by atoms with Gasteiger partial charge in [-0.05, 0) is 0 Å². The Kier molecular flexibility index (Phi) is 2.17. The van der Waals surface area contributed by atoms with Crippen LogP contribution < -0.4 is 4.74 Å². The van der Waals surface area contributed by atoms with Gasteiger partial charge in [-0.15, -0.1) is 0 Å². The fourth-order valence-corrected chi connectivity index (χ4v) is 2.67. The molecule has 0 spiro atoms. The van der Waals surface area contributed by atoms with Gasteiger partial charge in [-0.25, -0.2) is 0 Å². The van der Waals surface area contributed by atoms with Crippen LogP contribution in [0.4, 0.5) is 0 Å². The van der Waals surface area contributed by atoms with Gasteiger partial charge in [0.15, 0.2) is 0 Å². The molecule has 1 heterocycles. The van der Waals surface area contributed by atoms with Crippen molar-refractivity contribution in [3.8, 4) is 5.75 Å². The zero-order valence-corrected chi connectivity index (χ0v) is 11.9. The quantitative estimate of drug-likeness (QED) is 0.714. The molecule has 2 rings (SSSR count). The Morgan fingerprint density at radius 2 is 2.27 bits per heavy atom. The summed E-state index contributed by atoms with van der Waals surface area (Å²) >= 11 is 0.870. The van der Waals surface area contributed by atoms with Gasteiger partial charge in [0, 0.05) is 0 Å². The topological polar surface area (TPSA) is 9.23 Å². The predicted octanol–water partition coefficient (Wildman–Crippen LogP) is 1.96. The van der Waals surface area contributed by atoms with Gasteiger partial charge in [0.2, 0.25) is 0 Å². The van der Waals surface area contributed by atoms with Crippen LogP contribution >= 0.6 is 0 Å². The predicted molar refractivity (Wildman–Crippen MR) is 39.4 cm³/mol. The van der Waals surface area contributed by atoms with Crippen molar-refractivity contribution in [1.82, 2.24) is 0 Å². The molecule has 0 radical (unpaired) electrons. The molecular weight excluding hydrogens is 325 g/mol. The Morgan fingerprint density at radius 1 is 1.45 bits per heavy atom. The fraction of sp³-hybridized carbons (Fsp3) is 0.333. The van der Waals surface area contributed by atoms with E-state index in [1.807, 2.05) is 6.07 Å². The van der Waals surface area contributed by atoms with E-state index in [0.29, 0.717) is 6.10 Å². The summed E-state index contributed by atoms with van der Waals surface area (Å²) in [6, 6.07) is 8.36. The molecule has 11 heavy (non-hydrogen) atoms. The molecule has 0 saturated carbocycles. The molecule has 1 aromatic carbocycles. The van der Waals surface area contributed by atoms with Gasteiger partial charge in [-0.3, -0.25) is 0 Å². The summed E-state index contributed by atoms with van der Waals surface area (Å²) in [5, 5.41) is 0. The second-order valence-corrected chi connectivity index (χ2v) is 5.08. The summed E-state index contributed by atoms with van der Waals surface area (Å²) in [5.74, 6) is 1.11. The molecule has 1 atom stereocenters. The van der Waals surface area contributed by atoms with Crippen molar-refractivity contribution in [1.29, 1.82) is 0 Å². The first-order valence-electron chi connectivity index (χ1n) is 3.94. The number of hydrogen-bond acceptors (Lipinski definition) is 1. The second kappa shape index (κ2) is 3.14. The van der Waals surface area contributed by atoms with Gasteiger partial charge in [-0.2, -0.15) is 0 Å². The van der Waals surface area contributed by atoms with Crippen LogP contribution in [0.5, 0.6) is 5.75 Å². The van der Waals surface area contributed by atoms with Crippen molar-refractivity contribution in [3.05, 3.63) is 29.8 Å². The molecule has 0 amide bonds. The summed E-state index contributed by atoms with van der Waals surface area (Å²) in [4.78, 5) is 0. The summed E-state index contributed by atoms with van der Waals surface area (Å²) in [6.07, 6.45) is 1.65. The Labute approximate surface area is 82.7 Å². The van der Waals surface area contributed by atoms with E-state index in [9.17, 15) is 0 Å². The molecule has 1 aliphatic heterocycles. The van der Waals surface area contributed by atoms with E-state index in [1.54, 1.807) is 0 Å². The number of rotatable bonds is 1. The second-order valence-electron chi connectivity index (χ2n) is 2.84. The fourth-order valence-electron chi connectivity index (χ4n) is 1.41. The molecule has 0 aliphatic carbocycles. The van der Waals surface area contributed by atoms with Gasteiger partial charge in [0.25, 0.3) is 0 Å². The minimum absolute atomic E-state index is 0.510. The first-order chi connectivity index (χ1) is 5.40. The van der Waals surface area contributed by atoms with Crippen molar-refractivity contribution < 1.29 is 30.9 Å². The van der Waals surface area contributed by atoms with E-state index in [1.165, 1.54) is 9.49 Å². The molecule has 1 nitrogen and oxygen atoms in total. The molecule has 53 valence electrons. The first-order valence-corrected chi connectivity index (χ1v) is 7.82. The third-order valence-corrected chi connectivity index (χ3v) is 4.54. The van der Waals surface area contributed by atoms with Gasteiger partial charge >= 0.3 is 82.9 Å². The summed E-state index contributed by atoms with van der Waals surface area (Å²) < 4.78 is 7.00. The van der Waals surface area contributed by atoms with Crippen LogP contribution in [0.2, 0.25) is 3.93 Å². The number of benzene rings is 1. The Hall–Kier alpha value is -0.0449. The summed E-state index contributed by atoms with van der Waals surface area (Å²) in [7, 11) is 0. The molecule has 2 heteroatoms. The van der Waals surface area contributed by atoms with Crippen molar-refractivity contribution >= 4 is 0 Å². The Morgan fingerprint density at radius 3 is 3.00 bits per heavy atom. The van der Waals surface area contributed by atoms with Crippen LogP contribution in [0.15, 0.2) is 24.3 Å². The average Bonchev–Trinajstić information content (AvgIpc) is 2.46. The standard InChI is InChI=1S/C9H9O.Hg/c1-7-6-8-4-2-3-5-9(8)10-7;/h2-5,7H,1,6H2;. The third-order valence-electron chi connectivity index (χ3n) is 2.04. The average molecular weight is 334 g/mol. The molecule has 0 bridgehead atoms. The molecule has 0 fully saturated rings. The van der Waals surface area contributed by atoms with E-state index in [2.05, 4.69) is 18.2 Å². The minimum atomic E-state index is 0.510. The van der Waals surface area contributed by atoms with Crippen LogP contribution in [0, 0.1) is 0 Å². The van der Waals surface area contributed by atoms with E-state index in [4.69, 9.17) is 4.74 Å². The summed E-state index contributed by atoms with van der Waals surface area (Å²) in [5.41, 5.74) is 1.39. The van der Waals surface area contributed by atoms with Crippen molar-refractivity contribution in [2.24, 2.45) is 0 Å². The molecule has 1 aliphatic rings. The van der Waals surface area contributed by atoms with Crippen LogP contribution in [0.3, 0.4) is 0 Å². The van der Waals surface area contributed by atoms with Gasteiger partial charge in [0.1, 0.15) is 0 Å². The van der Waals surface area contributed by atoms with Crippen molar-refractivity contribution in [3.63, 3.8) is 0 Å². The van der Waals surface area contributed by atoms with Gasteiger partial charge < -0.3 is 0 Å². The van der Waals surface area contributed by atoms with Gasteiger partial charge in [-0.1, -0.05) is 0 Å².